The van der Waals surface area contributed by atoms with Crippen molar-refractivity contribution in [2.75, 3.05) is 6.61 Å². The van der Waals surface area contributed by atoms with Crippen LogP contribution < -0.4 is 5.90 Å². The lowest BCUT2D eigenvalue weighted by Gasteiger charge is -2.08. The first-order chi connectivity index (χ1) is 6.57. The van der Waals surface area contributed by atoms with E-state index in [-0.39, 0.29) is 28.8 Å². The third-order valence-electron chi connectivity index (χ3n) is 1.74. The molecular weight excluding hydrogens is 257 g/mol. The van der Waals surface area contributed by atoms with Crippen LogP contribution in [-0.2, 0) is 11.3 Å². The number of nitrogens with two attached hydrogens (primary N) is 1. The Labute approximate surface area is 88.2 Å². The molecule has 0 aromatic heterocycles. The minimum absolute atomic E-state index is 0.0256. The van der Waals surface area contributed by atoms with Crippen molar-refractivity contribution in [2.45, 2.75) is 6.42 Å². The second-order valence-electron chi connectivity index (χ2n) is 2.64. The van der Waals surface area contributed by atoms with Crippen molar-refractivity contribution in [3.8, 4) is 11.5 Å². The summed E-state index contributed by atoms with van der Waals surface area (Å²) < 4.78 is 13.4. The fraction of sp³-hybridized carbons (Fsp3) is 0.250. The number of halogens is 2. The van der Waals surface area contributed by atoms with E-state index >= 15 is 0 Å². The molecule has 0 aliphatic heterocycles. The molecule has 4 nitrogen and oxygen atoms in total. The summed E-state index contributed by atoms with van der Waals surface area (Å²) in [5.74, 6) is 3.28. The number of phenols is 2. The molecule has 1 aromatic rings. The average molecular weight is 266 g/mol. The molecule has 0 fully saturated rings. The molecule has 14 heavy (non-hydrogen) atoms. The molecule has 4 N–H and O–H groups in total. The smallest absolute Gasteiger partial charge is 0.163 e. The second-order valence-corrected chi connectivity index (χ2v) is 3.49. The Morgan fingerprint density at radius 3 is 2.71 bits per heavy atom. The molecule has 0 spiro atoms. The lowest BCUT2D eigenvalue weighted by molar-refractivity contribution is 0.140. The van der Waals surface area contributed by atoms with Gasteiger partial charge in [-0.2, -0.15) is 0 Å². The van der Waals surface area contributed by atoms with E-state index in [9.17, 15) is 14.6 Å². The van der Waals surface area contributed by atoms with Crippen LogP contribution in [0.1, 0.15) is 5.56 Å². The molecule has 6 heteroatoms. The van der Waals surface area contributed by atoms with E-state index < -0.39 is 11.6 Å². The van der Waals surface area contributed by atoms with E-state index in [1.54, 1.807) is 0 Å². The Morgan fingerprint density at radius 2 is 2.14 bits per heavy atom. The normalized spacial score (nSPS) is 10.5. The molecule has 0 aliphatic rings. The van der Waals surface area contributed by atoms with Crippen LogP contribution in [0.2, 0.25) is 0 Å². The third-order valence-corrected chi connectivity index (χ3v) is 2.31. The van der Waals surface area contributed by atoms with Gasteiger partial charge in [0.2, 0.25) is 0 Å². The molecule has 78 valence electrons. The van der Waals surface area contributed by atoms with E-state index in [1.807, 2.05) is 0 Å². The first-order valence-corrected chi connectivity index (χ1v) is 4.57. The van der Waals surface area contributed by atoms with Gasteiger partial charge in [-0.3, -0.25) is 0 Å². The Kier molecular flexibility index (Phi) is 3.68. The van der Waals surface area contributed by atoms with Crippen molar-refractivity contribution in [1.29, 1.82) is 0 Å². The number of rotatable bonds is 3. The average Bonchev–Trinajstić information content (AvgIpc) is 2.15. The summed E-state index contributed by atoms with van der Waals surface area (Å²) in [5.41, 5.74) is -0.0256. The summed E-state index contributed by atoms with van der Waals surface area (Å²) in [7, 11) is 0. The van der Waals surface area contributed by atoms with Crippen molar-refractivity contribution >= 4 is 15.9 Å². The molecule has 0 bridgehead atoms. The van der Waals surface area contributed by atoms with Crippen LogP contribution in [0.25, 0.3) is 0 Å². The van der Waals surface area contributed by atoms with Crippen LogP contribution in [0.15, 0.2) is 10.5 Å². The van der Waals surface area contributed by atoms with E-state index in [4.69, 9.17) is 5.90 Å². The topological polar surface area (TPSA) is 75.7 Å². The van der Waals surface area contributed by atoms with Crippen LogP contribution in [0.3, 0.4) is 0 Å². The van der Waals surface area contributed by atoms with Crippen molar-refractivity contribution in [1.82, 2.24) is 0 Å². The number of hydrogen-bond acceptors (Lipinski definition) is 4. The highest BCUT2D eigenvalue weighted by atomic mass is 79.9. The number of hydrogen-bond donors (Lipinski definition) is 3. The lowest BCUT2D eigenvalue weighted by atomic mass is 10.1. The maximum absolute atomic E-state index is 13.4. The van der Waals surface area contributed by atoms with E-state index in [2.05, 4.69) is 20.8 Å². The van der Waals surface area contributed by atoms with Gasteiger partial charge in [-0.1, -0.05) is 0 Å². The Bertz CT molecular complexity index is 320. The zero-order valence-corrected chi connectivity index (χ0v) is 8.71. The summed E-state index contributed by atoms with van der Waals surface area (Å²) in [6.07, 6.45) is 0.0845. The van der Waals surface area contributed by atoms with Crippen LogP contribution in [0.5, 0.6) is 11.5 Å². The van der Waals surface area contributed by atoms with E-state index in [0.717, 1.165) is 6.07 Å². The van der Waals surface area contributed by atoms with Gasteiger partial charge in [-0.15, -0.1) is 0 Å². The Balaban J connectivity index is 3.11. The van der Waals surface area contributed by atoms with E-state index in [0.29, 0.717) is 0 Å². The first kappa shape index (κ1) is 11.2. The van der Waals surface area contributed by atoms with Gasteiger partial charge in [0.05, 0.1) is 11.1 Å². The van der Waals surface area contributed by atoms with Crippen LogP contribution >= 0.6 is 15.9 Å². The van der Waals surface area contributed by atoms with Crippen molar-refractivity contribution < 1.29 is 19.4 Å². The number of benzene rings is 1. The molecule has 0 amide bonds. The van der Waals surface area contributed by atoms with Gasteiger partial charge >= 0.3 is 0 Å². The molecule has 0 unspecified atom stereocenters. The fourth-order valence-corrected chi connectivity index (χ4v) is 1.50. The number of aromatic hydroxyl groups is 2. The Morgan fingerprint density at radius 1 is 1.50 bits per heavy atom. The molecule has 0 atom stereocenters. The summed E-state index contributed by atoms with van der Waals surface area (Å²) in [6, 6.07) is 1.08. The van der Waals surface area contributed by atoms with Crippen LogP contribution in [-0.4, -0.2) is 16.8 Å². The van der Waals surface area contributed by atoms with Crippen molar-refractivity contribution in [2.24, 2.45) is 5.90 Å². The van der Waals surface area contributed by atoms with Crippen molar-refractivity contribution in [3.63, 3.8) is 0 Å². The summed E-state index contributed by atoms with van der Waals surface area (Å²) >= 11 is 2.90. The van der Waals surface area contributed by atoms with Crippen LogP contribution in [0.4, 0.5) is 4.39 Å². The SMILES string of the molecule is NOCCc1c(O)c(O)cc(Br)c1F. The highest BCUT2D eigenvalue weighted by Gasteiger charge is 2.15. The highest BCUT2D eigenvalue weighted by Crippen LogP contribution is 2.35. The zero-order chi connectivity index (χ0) is 10.7. The van der Waals surface area contributed by atoms with Crippen molar-refractivity contribution in [3.05, 3.63) is 21.9 Å². The molecule has 1 aromatic carbocycles. The molecule has 0 radical (unpaired) electrons. The summed E-state index contributed by atoms with van der Waals surface area (Å²) in [4.78, 5) is 4.26. The fourth-order valence-electron chi connectivity index (χ4n) is 1.04. The molecule has 1 rings (SSSR count). The second kappa shape index (κ2) is 4.59. The number of phenolic OH excluding ortho intramolecular Hbond substituents is 2. The minimum atomic E-state index is -0.627. The van der Waals surface area contributed by atoms with Gasteiger partial charge in [-0.05, 0) is 15.9 Å². The Hall–Kier alpha value is -0.850. The van der Waals surface area contributed by atoms with Crippen LogP contribution in [0, 0.1) is 5.82 Å². The van der Waals surface area contributed by atoms with Gasteiger partial charge in [0.1, 0.15) is 5.82 Å². The predicted octanol–water partition coefficient (Wildman–Crippen LogP) is 1.43. The maximum atomic E-state index is 13.4. The summed E-state index contributed by atoms with van der Waals surface area (Å²) in [6.45, 7) is 0.0559. The molecule has 0 saturated carbocycles. The zero-order valence-electron chi connectivity index (χ0n) is 7.13. The van der Waals surface area contributed by atoms with Gasteiger partial charge < -0.3 is 15.1 Å². The van der Waals surface area contributed by atoms with Gasteiger partial charge in [-0.25, -0.2) is 10.3 Å². The lowest BCUT2D eigenvalue weighted by Crippen LogP contribution is -2.05. The molecule has 0 saturated heterocycles. The predicted molar refractivity (Wildman–Crippen MR) is 51.3 cm³/mol. The largest absolute Gasteiger partial charge is 0.504 e. The maximum Gasteiger partial charge on any atom is 0.163 e. The minimum Gasteiger partial charge on any atom is -0.504 e. The van der Waals surface area contributed by atoms with Gasteiger partial charge in [0.25, 0.3) is 0 Å². The monoisotopic (exact) mass is 265 g/mol. The molecular formula is C8H9BrFNO3. The summed E-state index contributed by atoms with van der Waals surface area (Å²) in [5, 5.41) is 18.5. The third kappa shape index (κ3) is 2.14. The quantitative estimate of drug-likeness (QED) is 0.571. The molecule has 0 heterocycles. The van der Waals surface area contributed by atoms with Gasteiger partial charge in [0.15, 0.2) is 11.5 Å². The standard InChI is InChI=1S/C8H9BrFNO3/c9-5-3-6(12)8(13)4(7(5)10)1-2-14-11/h3,12-13H,1-2,11H2. The molecule has 0 aliphatic carbocycles. The first-order valence-electron chi connectivity index (χ1n) is 3.78. The van der Waals surface area contributed by atoms with Gasteiger partial charge in [0, 0.05) is 18.1 Å². The van der Waals surface area contributed by atoms with E-state index in [1.165, 1.54) is 0 Å². The highest BCUT2D eigenvalue weighted by molar-refractivity contribution is 9.10.